The molecule has 0 saturated carbocycles. The van der Waals surface area contributed by atoms with Gasteiger partial charge in [-0.25, -0.2) is 0 Å². The lowest BCUT2D eigenvalue weighted by molar-refractivity contribution is 0.779. The molecule has 0 spiro atoms. The van der Waals surface area contributed by atoms with Crippen LogP contribution in [0.3, 0.4) is 0 Å². The largest absolute Gasteiger partial charge is 0.0938 e. The first kappa shape index (κ1) is 12.0. The van der Waals surface area contributed by atoms with Gasteiger partial charge in [0.15, 0.2) is 0 Å². The standard InChI is InChI=1S/C12H18S2/c1-2-3-7-10-13-14-11-12-8-5-4-6-9-12/h4-6,8-9H,2-3,7,10-11H2,1H3. The third-order valence-electron chi connectivity index (χ3n) is 1.98. The van der Waals surface area contributed by atoms with Gasteiger partial charge in [0, 0.05) is 11.5 Å². The maximum atomic E-state index is 2.25. The molecule has 0 aliphatic carbocycles. The highest BCUT2D eigenvalue weighted by Gasteiger charge is 1.93. The average molecular weight is 226 g/mol. The van der Waals surface area contributed by atoms with Crippen LogP contribution in [0.2, 0.25) is 0 Å². The van der Waals surface area contributed by atoms with Crippen LogP contribution in [0.5, 0.6) is 0 Å². The first-order valence-corrected chi connectivity index (χ1v) is 7.70. The second kappa shape index (κ2) is 8.25. The van der Waals surface area contributed by atoms with Crippen molar-refractivity contribution in [2.45, 2.75) is 31.9 Å². The normalized spacial score (nSPS) is 10.4. The number of benzene rings is 1. The van der Waals surface area contributed by atoms with E-state index < -0.39 is 0 Å². The predicted octanol–water partition coefficient (Wildman–Crippen LogP) is 4.76. The maximum Gasteiger partial charge on any atom is 0.0288 e. The van der Waals surface area contributed by atoms with Crippen LogP contribution in [0.4, 0.5) is 0 Å². The molecule has 0 heterocycles. The van der Waals surface area contributed by atoms with Crippen LogP contribution >= 0.6 is 21.6 Å². The van der Waals surface area contributed by atoms with E-state index >= 15 is 0 Å². The first-order valence-electron chi connectivity index (χ1n) is 5.22. The Balaban J connectivity index is 1.99. The lowest BCUT2D eigenvalue weighted by atomic mass is 10.2. The van der Waals surface area contributed by atoms with Gasteiger partial charge < -0.3 is 0 Å². The van der Waals surface area contributed by atoms with Gasteiger partial charge in [-0.3, -0.25) is 0 Å². The highest BCUT2D eigenvalue weighted by atomic mass is 33.1. The molecule has 2 heteroatoms. The number of hydrogen-bond acceptors (Lipinski definition) is 2. The molecule has 0 amide bonds. The molecular weight excluding hydrogens is 208 g/mol. The molecule has 14 heavy (non-hydrogen) atoms. The second-order valence-electron chi connectivity index (χ2n) is 3.28. The first-order chi connectivity index (χ1) is 6.93. The van der Waals surface area contributed by atoms with Crippen molar-refractivity contribution in [2.24, 2.45) is 0 Å². The van der Waals surface area contributed by atoms with Crippen LogP contribution in [0.25, 0.3) is 0 Å². The molecule has 78 valence electrons. The lowest BCUT2D eigenvalue weighted by Gasteiger charge is -2.00. The molecule has 1 aromatic rings. The summed E-state index contributed by atoms with van der Waals surface area (Å²) in [6.07, 6.45) is 4.06. The van der Waals surface area contributed by atoms with Gasteiger partial charge in [-0.15, -0.1) is 0 Å². The zero-order chi connectivity index (χ0) is 10.1. The van der Waals surface area contributed by atoms with E-state index in [0.717, 1.165) is 5.75 Å². The van der Waals surface area contributed by atoms with E-state index in [0.29, 0.717) is 0 Å². The molecule has 0 nitrogen and oxygen atoms in total. The van der Waals surface area contributed by atoms with Crippen LogP contribution in [0.15, 0.2) is 30.3 Å². The molecule has 0 atom stereocenters. The van der Waals surface area contributed by atoms with Crippen LogP contribution in [-0.2, 0) is 5.75 Å². The third-order valence-corrected chi connectivity index (χ3v) is 4.41. The Morgan fingerprint density at radius 1 is 1.00 bits per heavy atom. The van der Waals surface area contributed by atoms with E-state index in [1.807, 2.05) is 21.6 Å². The van der Waals surface area contributed by atoms with Crippen LogP contribution in [0.1, 0.15) is 31.7 Å². The molecule has 1 rings (SSSR count). The molecule has 0 aliphatic rings. The lowest BCUT2D eigenvalue weighted by Crippen LogP contribution is -1.78. The van der Waals surface area contributed by atoms with Gasteiger partial charge in [0.1, 0.15) is 0 Å². The Hall–Kier alpha value is -0.0800. The zero-order valence-electron chi connectivity index (χ0n) is 8.74. The summed E-state index contributed by atoms with van der Waals surface area (Å²) in [5, 5.41) is 0. The molecule has 0 unspecified atom stereocenters. The molecule has 0 bridgehead atoms. The molecule has 1 aromatic carbocycles. The summed E-state index contributed by atoms with van der Waals surface area (Å²) in [7, 11) is 3.98. The summed E-state index contributed by atoms with van der Waals surface area (Å²) in [4.78, 5) is 0. The van der Waals surface area contributed by atoms with Crippen LogP contribution in [0, 0.1) is 0 Å². The van der Waals surface area contributed by atoms with Gasteiger partial charge in [-0.05, 0) is 12.0 Å². The number of unbranched alkanes of at least 4 members (excludes halogenated alkanes) is 2. The number of hydrogen-bond donors (Lipinski definition) is 0. The minimum atomic E-state index is 1.14. The van der Waals surface area contributed by atoms with Gasteiger partial charge >= 0.3 is 0 Å². The van der Waals surface area contributed by atoms with Gasteiger partial charge in [0.25, 0.3) is 0 Å². The van der Waals surface area contributed by atoms with E-state index in [1.54, 1.807) is 0 Å². The molecule has 0 aliphatic heterocycles. The minimum Gasteiger partial charge on any atom is -0.0938 e. The molecule has 0 N–H and O–H groups in total. The summed E-state index contributed by atoms with van der Waals surface area (Å²) in [5.74, 6) is 2.43. The van der Waals surface area contributed by atoms with Crippen molar-refractivity contribution in [3.63, 3.8) is 0 Å². The summed E-state index contributed by atoms with van der Waals surface area (Å²) >= 11 is 0. The maximum absolute atomic E-state index is 2.25. The number of rotatable bonds is 7. The van der Waals surface area contributed by atoms with Gasteiger partial charge in [-0.1, -0.05) is 71.7 Å². The molecule has 0 saturated heterocycles. The quantitative estimate of drug-likeness (QED) is 0.486. The summed E-state index contributed by atoms with van der Waals surface area (Å²) in [6.45, 7) is 2.25. The van der Waals surface area contributed by atoms with Gasteiger partial charge in [0.2, 0.25) is 0 Å². The molecule has 0 aromatic heterocycles. The minimum absolute atomic E-state index is 1.14. The van der Waals surface area contributed by atoms with Gasteiger partial charge in [-0.2, -0.15) is 0 Å². The van der Waals surface area contributed by atoms with Crippen molar-refractivity contribution in [1.82, 2.24) is 0 Å². The SMILES string of the molecule is CCCCCSSCc1ccccc1. The Morgan fingerprint density at radius 2 is 1.79 bits per heavy atom. The van der Waals surface area contributed by atoms with E-state index in [4.69, 9.17) is 0 Å². The fraction of sp³-hybridized carbons (Fsp3) is 0.500. The second-order valence-corrected chi connectivity index (χ2v) is 5.86. The monoisotopic (exact) mass is 226 g/mol. The van der Waals surface area contributed by atoms with Crippen LogP contribution < -0.4 is 0 Å². The highest BCUT2D eigenvalue weighted by Crippen LogP contribution is 2.26. The Morgan fingerprint density at radius 3 is 2.50 bits per heavy atom. The Kier molecular flexibility index (Phi) is 7.06. The van der Waals surface area contributed by atoms with Crippen molar-refractivity contribution < 1.29 is 0 Å². The van der Waals surface area contributed by atoms with E-state index in [2.05, 4.69) is 37.3 Å². The molecule has 0 fully saturated rings. The smallest absolute Gasteiger partial charge is 0.0288 e. The van der Waals surface area contributed by atoms with Crippen molar-refractivity contribution in [2.75, 3.05) is 5.75 Å². The van der Waals surface area contributed by atoms with E-state index in [1.165, 1.54) is 30.6 Å². The highest BCUT2D eigenvalue weighted by molar-refractivity contribution is 8.76. The topological polar surface area (TPSA) is 0 Å². The van der Waals surface area contributed by atoms with Crippen LogP contribution in [-0.4, -0.2) is 5.75 Å². The average Bonchev–Trinajstić information content (AvgIpc) is 2.25. The van der Waals surface area contributed by atoms with Crippen molar-refractivity contribution in [3.8, 4) is 0 Å². The fourth-order valence-electron chi connectivity index (χ4n) is 1.15. The Bertz CT molecular complexity index is 221. The van der Waals surface area contributed by atoms with Crippen molar-refractivity contribution in [3.05, 3.63) is 35.9 Å². The predicted molar refractivity (Wildman–Crippen MR) is 69.7 cm³/mol. The molecule has 0 radical (unpaired) electrons. The van der Waals surface area contributed by atoms with Gasteiger partial charge in [0.05, 0.1) is 0 Å². The van der Waals surface area contributed by atoms with Crippen molar-refractivity contribution in [1.29, 1.82) is 0 Å². The third kappa shape index (κ3) is 5.61. The summed E-state index contributed by atoms with van der Waals surface area (Å²) < 4.78 is 0. The van der Waals surface area contributed by atoms with E-state index in [-0.39, 0.29) is 0 Å². The molecular formula is C12H18S2. The zero-order valence-corrected chi connectivity index (χ0v) is 10.4. The van der Waals surface area contributed by atoms with Crippen molar-refractivity contribution >= 4 is 21.6 Å². The summed E-state index contributed by atoms with van der Waals surface area (Å²) in [5.41, 5.74) is 1.43. The fourth-order valence-corrected chi connectivity index (χ4v) is 3.37. The van der Waals surface area contributed by atoms with E-state index in [9.17, 15) is 0 Å². The Labute approximate surface area is 95.3 Å². The summed E-state index contributed by atoms with van der Waals surface area (Å²) in [6, 6.07) is 10.7.